The second-order valence-electron chi connectivity index (χ2n) is 4.49. The SMILES string of the molecule is CCOOCc1ncnc(OC2CCNCC2)c1C. The molecule has 0 radical (unpaired) electrons. The first-order chi connectivity index (χ1) is 9.31. The van der Waals surface area contributed by atoms with Crippen molar-refractivity contribution in [3.63, 3.8) is 0 Å². The number of nitrogens with zero attached hydrogens (tertiary/aromatic N) is 2. The Hall–Kier alpha value is -1.24. The van der Waals surface area contributed by atoms with Crippen LogP contribution in [0, 0.1) is 6.92 Å². The molecule has 106 valence electrons. The highest BCUT2D eigenvalue weighted by atomic mass is 17.2. The summed E-state index contributed by atoms with van der Waals surface area (Å²) in [6, 6.07) is 0. The molecule has 0 unspecified atom stereocenters. The second kappa shape index (κ2) is 7.37. The summed E-state index contributed by atoms with van der Waals surface area (Å²) in [5.74, 6) is 0.650. The van der Waals surface area contributed by atoms with Crippen molar-refractivity contribution in [1.82, 2.24) is 15.3 Å². The number of ether oxygens (including phenoxy) is 1. The predicted molar refractivity (Wildman–Crippen MR) is 69.7 cm³/mol. The van der Waals surface area contributed by atoms with Crippen LogP contribution in [0.2, 0.25) is 0 Å². The monoisotopic (exact) mass is 267 g/mol. The average molecular weight is 267 g/mol. The summed E-state index contributed by atoms with van der Waals surface area (Å²) in [5, 5.41) is 3.31. The fourth-order valence-corrected chi connectivity index (χ4v) is 1.98. The molecular formula is C13H21N3O3. The van der Waals surface area contributed by atoms with Crippen molar-refractivity contribution in [3.05, 3.63) is 17.6 Å². The maximum Gasteiger partial charge on any atom is 0.219 e. The van der Waals surface area contributed by atoms with Gasteiger partial charge < -0.3 is 10.1 Å². The number of piperidine rings is 1. The van der Waals surface area contributed by atoms with E-state index in [1.807, 2.05) is 13.8 Å². The second-order valence-corrected chi connectivity index (χ2v) is 4.49. The fraction of sp³-hybridized carbons (Fsp3) is 0.692. The van der Waals surface area contributed by atoms with E-state index in [4.69, 9.17) is 14.5 Å². The molecule has 0 spiro atoms. The van der Waals surface area contributed by atoms with E-state index < -0.39 is 0 Å². The van der Waals surface area contributed by atoms with Gasteiger partial charge in [0.15, 0.2) is 0 Å². The maximum absolute atomic E-state index is 5.95. The highest BCUT2D eigenvalue weighted by Gasteiger charge is 2.17. The van der Waals surface area contributed by atoms with E-state index in [1.165, 1.54) is 6.33 Å². The van der Waals surface area contributed by atoms with Gasteiger partial charge in [-0.1, -0.05) is 0 Å². The van der Waals surface area contributed by atoms with Gasteiger partial charge >= 0.3 is 0 Å². The number of aromatic nitrogens is 2. The lowest BCUT2D eigenvalue weighted by molar-refractivity contribution is -0.301. The van der Waals surface area contributed by atoms with Gasteiger partial charge in [-0.15, -0.1) is 0 Å². The lowest BCUT2D eigenvalue weighted by Gasteiger charge is -2.24. The lowest BCUT2D eigenvalue weighted by atomic mass is 10.1. The van der Waals surface area contributed by atoms with Gasteiger partial charge in [-0.05, 0) is 39.8 Å². The third kappa shape index (κ3) is 4.12. The molecule has 0 atom stereocenters. The number of hydrogen-bond acceptors (Lipinski definition) is 6. The molecule has 0 saturated carbocycles. The largest absolute Gasteiger partial charge is 0.474 e. The topological polar surface area (TPSA) is 65.5 Å². The Labute approximate surface area is 113 Å². The smallest absolute Gasteiger partial charge is 0.219 e. The molecule has 1 aromatic rings. The van der Waals surface area contributed by atoms with E-state index >= 15 is 0 Å². The van der Waals surface area contributed by atoms with Gasteiger partial charge in [0.05, 0.1) is 12.3 Å². The van der Waals surface area contributed by atoms with Gasteiger partial charge in [-0.3, -0.25) is 0 Å². The zero-order valence-electron chi connectivity index (χ0n) is 11.5. The van der Waals surface area contributed by atoms with Crippen LogP contribution >= 0.6 is 0 Å². The normalized spacial score (nSPS) is 16.5. The Morgan fingerprint density at radius 1 is 1.26 bits per heavy atom. The van der Waals surface area contributed by atoms with Crippen LogP contribution in [-0.4, -0.2) is 35.8 Å². The number of hydrogen-bond donors (Lipinski definition) is 1. The summed E-state index contributed by atoms with van der Waals surface area (Å²) in [6.45, 7) is 6.64. The van der Waals surface area contributed by atoms with Gasteiger partial charge in [0, 0.05) is 5.56 Å². The van der Waals surface area contributed by atoms with E-state index in [1.54, 1.807) is 0 Å². The summed E-state index contributed by atoms with van der Waals surface area (Å²) < 4.78 is 5.95. The Morgan fingerprint density at radius 3 is 2.79 bits per heavy atom. The van der Waals surface area contributed by atoms with Gasteiger partial charge in [-0.2, -0.15) is 0 Å². The van der Waals surface area contributed by atoms with Gasteiger partial charge in [0.2, 0.25) is 5.88 Å². The van der Waals surface area contributed by atoms with Crippen molar-refractivity contribution in [1.29, 1.82) is 0 Å². The van der Waals surface area contributed by atoms with E-state index in [-0.39, 0.29) is 6.10 Å². The molecular weight excluding hydrogens is 246 g/mol. The van der Waals surface area contributed by atoms with Crippen LogP contribution in [0.15, 0.2) is 6.33 Å². The summed E-state index contributed by atoms with van der Waals surface area (Å²) >= 11 is 0. The molecule has 0 aromatic carbocycles. The van der Waals surface area contributed by atoms with Crippen LogP contribution in [0.5, 0.6) is 5.88 Å². The molecule has 2 rings (SSSR count). The maximum atomic E-state index is 5.95. The molecule has 6 heteroatoms. The van der Waals surface area contributed by atoms with Crippen molar-refractivity contribution < 1.29 is 14.5 Å². The summed E-state index contributed by atoms with van der Waals surface area (Å²) in [4.78, 5) is 18.3. The zero-order valence-corrected chi connectivity index (χ0v) is 11.5. The molecule has 1 saturated heterocycles. The Balaban J connectivity index is 1.97. The molecule has 0 amide bonds. The quantitative estimate of drug-likeness (QED) is 0.477. The average Bonchev–Trinajstić information content (AvgIpc) is 2.44. The Morgan fingerprint density at radius 2 is 2.05 bits per heavy atom. The van der Waals surface area contributed by atoms with Crippen LogP contribution in [0.3, 0.4) is 0 Å². The number of nitrogens with one attached hydrogen (secondary N) is 1. The van der Waals surface area contributed by atoms with Crippen molar-refractivity contribution in [3.8, 4) is 5.88 Å². The minimum atomic E-state index is 0.232. The van der Waals surface area contributed by atoms with E-state index in [2.05, 4.69) is 15.3 Å². The van der Waals surface area contributed by atoms with E-state index in [0.717, 1.165) is 37.2 Å². The minimum absolute atomic E-state index is 0.232. The van der Waals surface area contributed by atoms with Crippen molar-refractivity contribution >= 4 is 0 Å². The van der Waals surface area contributed by atoms with Crippen LogP contribution in [0.4, 0.5) is 0 Å². The molecule has 1 N–H and O–H groups in total. The van der Waals surface area contributed by atoms with Crippen LogP contribution < -0.4 is 10.1 Å². The molecule has 1 aliphatic rings. The molecule has 1 aliphatic heterocycles. The van der Waals surface area contributed by atoms with E-state index in [9.17, 15) is 0 Å². The summed E-state index contributed by atoms with van der Waals surface area (Å²) in [6.07, 6.45) is 3.76. The van der Waals surface area contributed by atoms with E-state index in [0.29, 0.717) is 19.1 Å². The molecule has 6 nitrogen and oxygen atoms in total. The van der Waals surface area contributed by atoms with Crippen molar-refractivity contribution in [2.45, 2.75) is 39.4 Å². The van der Waals surface area contributed by atoms with Crippen LogP contribution in [0.25, 0.3) is 0 Å². The predicted octanol–water partition coefficient (Wildman–Crippen LogP) is 1.38. The molecule has 1 fully saturated rings. The van der Waals surface area contributed by atoms with Gasteiger partial charge in [0.1, 0.15) is 19.0 Å². The summed E-state index contributed by atoms with van der Waals surface area (Å²) in [5.41, 5.74) is 1.72. The molecule has 2 heterocycles. The first-order valence-electron chi connectivity index (χ1n) is 6.73. The summed E-state index contributed by atoms with van der Waals surface area (Å²) in [7, 11) is 0. The molecule has 0 aliphatic carbocycles. The fourth-order valence-electron chi connectivity index (χ4n) is 1.98. The number of rotatable bonds is 6. The highest BCUT2D eigenvalue weighted by molar-refractivity contribution is 5.27. The Kier molecular flexibility index (Phi) is 5.50. The third-order valence-electron chi connectivity index (χ3n) is 3.10. The molecule has 1 aromatic heterocycles. The lowest BCUT2D eigenvalue weighted by Crippen LogP contribution is -2.34. The standard InChI is InChI=1S/C13H21N3O3/c1-3-17-18-8-12-10(2)13(16-9-15-12)19-11-4-6-14-7-5-11/h9,11,14H,3-8H2,1-2H3. The van der Waals surface area contributed by atoms with Gasteiger partial charge in [-0.25, -0.2) is 19.7 Å². The van der Waals surface area contributed by atoms with Crippen LogP contribution in [-0.2, 0) is 16.4 Å². The first-order valence-corrected chi connectivity index (χ1v) is 6.73. The molecule has 0 bridgehead atoms. The third-order valence-corrected chi connectivity index (χ3v) is 3.10. The highest BCUT2D eigenvalue weighted by Crippen LogP contribution is 2.20. The molecule has 19 heavy (non-hydrogen) atoms. The zero-order chi connectivity index (χ0) is 13.5. The van der Waals surface area contributed by atoms with Crippen LogP contribution in [0.1, 0.15) is 31.0 Å². The minimum Gasteiger partial charge on any atom is -0.474 e. The first kappa shape index (κ1) is 14.2. The van der Waals surface area contributed by atoms with Gasteiger partial charge in [0.25, 0.3) is 0 Å². The van der Waals surface area contributed by atoms with Crippen molar-refractivity contribution in [2.75, 3.05) is 19.7 Å². The Bertz CT molecular complexity index is 395. The van der Waals surface area contributed by atoms with Crippen molar-refractivity contribution in [2.24, 2.45) is 0 Å².